The Hall–Kier alpha value is -0.990. The van der Waals surface area contributed by atoms with Gasteiger partial charge >= 0.3 is 0 Å². The van der Waals surface area contributed by atoms with Crippen molar-refractivity contribution in [2.75, 3.05) is 0 Å². The Morgan fingerprint density at radius 3 is 2.27 bits per heavy atom. The maximum atomic E-state index is 9.99. The van der Waals surface area contributed by atoms with Crippen molar-refractivity contribution in [2.45, 2.75) is 53.5 Å². The van der Waals surface area contributed by atoms with Crippen molar-refractivity contribution >= 4 is 0 Å². The van der Waals surface area contributed by atoms with E-state index in [0.29, 0.717) is 11.8 Å². The fraction of sp³-hybridized carbons (Fsp3) is 0.750. The highest BCUT2D eigenvalue weighted by Crippen LogP contribution is 2.26. The number of nitrogens with zero attached hydrogens (tertiary/aromatic N) is 2. The molecule has 15 heavy (non-hydrogen) atoms. The van der Waals surface area contributed by atoms with Crippen molar-refractivity contribution in [3.05, 3.63) is 11.3 Å². The molecule has 0 saturated carbocycles. The van der Waals surface area contributed by atoms with Crippen LogP contribution in [0.1, 0.15) is 51.9 Å². The van der Waals surface area contributed by atoms with E-state index < -0.39 is 0 Å². The lowest BCUT2D eigenvalue weighted by molar-refractivity contribution is 0.373. The van der Waals surface area contributed by atoms with E-state index >= 15 is 0 Å². The first-order valence-electron chi connectivity index (χ1n) is 5.76. The Kier molecular flexibility index (Phi) is 3.77. The summed E-state index contributed by atoms with van der Waals surface area (Å²) in [7, 11) is 0. The van der Waals surface area contributed by atoms with Gasteiger partial charge in [0.05, 0.1) is 11.7 Å². The molecule has 1 rings (SSSR count). The lowest BCUT2D eigenvalue weighted by atomic mass is 10.0. The molecule has 0 fully saturated rings. The van der Waals surface area contributed by atoms with Gasteiger partial charge < -0.3 is 5.11 Å². The number of hydrogen-bond donors (Lipinski definition) is 1. The number of rotatable bonds is 4. The number of aromatic hydroxyl groups is 1. The molecular formula is C12H22N2O. The molecule has 1 N–H and O–H groups in total. The van der Waals surface area contributed by atoms with Crippen molar-refractivity contribution in [3.63, 3.8) is 0 Å². The minimum Gasteiger partial charge on any atom is -0.493 e. The Labute approximate surface area is 92.1 Å². The molecule has 0 saturated heterocycles. The van der Waals surface area contributed by atoms with E-state index in [0.717, 1.165) is 24.1 Å². The van der Waals surface area contributed by atoms with Crippen LogP contribution in [0.2, 0.25) is 0 Å². The Bertz CT molecular complexity index is 327. The monoisotopic (exact) mass is 210 g/mol. The van der Waals surface area contributed by atoms with E-state index in [9.17, 15) is 5.11 Å². The largest absolute Gasteiger partial charge is 0.493 e. The van der Waals surface area contributed by atoms with Crippen LogP contribution in [-0.4, -0.2) is 14.9 Å². The van der Waals surface area contributed by atoms with Crippen LogP contribution in [0.5, 0.6) is 5.88 Å². The van der Waals surface area contributed by atoms with Crippen LogP contribution in [0.15, 0.2) is 0 Å². The summed E-state index contributed by atoms with van der Waals surface area (Å²) in [5.74, 6) is 0.924. The third kappa shape index (κ3) is 2.52. The average molecular weight is 210 g/mol. The molecule has 0 atom stereocenters. The van der Waals surface area contributed by atoms with Gasteiger partial charge in [-0.2, -0.15) is 5.10 Å². The maximum Gasteiger partial charge on any atom is 0.213 e. The molecule has 0 unspecified atom stereocenters. The SMILES string of the molecule is CCc1c(CC(C)C)nn(C(C)C)c1O. The van der Waals surface area contributed by atoms with Crippen molar-refractivity contribution in [2.24, 2.45) is 5.92 Å². The van der Waals surface area contributed by atoms with Crippen LogP contribution in [0.3, 0.4) is 0 Å². The highest BCUT2D eigenvalue weighted by atomic mass is 16.3. The van der Waals surface area contributed by atoms with Gasteiger partial charge in [0, 0.05) is 5.56 Å². The first-order chi connectivity index (χ1) is 6.97. The van der Waals surface area contributed by atoms with E-state index in [1.54, 1.807) is 4.68 Å². The van der Waals surface area contributed by atoms with Gasteiger partial charge in [-0.1, -0.05) is 20.8 Å². The maximum absolute atomic E-state index is 9.99. The fourth-order valence-corrected chi connectivity index (χ4v) is 1.78. The summed E-state index contributed by atoms with van der Waals surface area (Å²) in [6.45, 7) is 10.5. The molecule has 3 nitrogen and oxygen atoms in total. The Morgan fingerprint density at radius 1 is 1.27 bits per heavy atom. The summed E-state index contributed by atoms with van der Waals surface area (Å²) >= 11 is 0. The molecule has 0 aromatic carbocycles. The Morgan fingerprint density at radius 2 is 1.87 bits per heavy atom. The molecule has 1 aromatic heterocycles. The molecular weight excluding hydrogens is 188 g/mol. The third-order valence-corrected chi connectivity index (χ3v) is 2.51. The minimum atomic E-state index is 0.219. The second-order valence-corrected chi connectivity index (χ2v) is 4.74. The van der Waals surface area contributed by atoms with Crippen molar-refractivity contribution in [3.8, 4) is 5.88 Å². The second kappa shape index (κ2) is 4.69. The smallest absolute Gasteiger partial charge is 0.213 e. The lowest BCUT2D eigenvalue weighted by Crippen LogP contribution is -2.03. The average Bonchev–Trinajstić information content (AvgIpc) is 2.41. The predicted octanol–water partition coefficient (Wildman–Crippen LogP) is 2.93. The summed E-state index contributed by atoms with van der Waals surface area (Å²) in [5, 5.41) is 14.5. The topological polar surface area (TPSA) is 38.0 Å². The van der Waals surface area contributed by atoms with Gasteiger partial charge in [0.25, 0.3) is 0 Å². The van der Waals surface area contributed by atoms with Crippen LogP contribution in [0, 0.1) is 5.92 Å². The standard InChI is InChI=1S/C12H22N2O/c1-6-10-11(7-8(2)3)13-14(9(4)5)12(10)15/h8-9,15H,6-7H2,1-5H3. The van der Waals surface area contributed by atoms with Gasteiger partial charge in [-0.05, 0) is 32.6 Å². The molecule has 0 aliphatic rings. The first kappa shape index (κ1) is 12.1. The van der Waals surface area contributed by atoms with Crippen LogP contribution < -0.4 is 0 Å². The van der Waals surface area contributed by atoms with Crippen molar-refractivity contribution in [1.82, 2.24) is 9.78 Å². The van der Waals surface area contributed by atoms with Gasteiger partial charge in [0.15, 0.2) is 0 Å². The summed E-state index contributed by atoms with van der Waals surface area (Å²) in [6.07, 6.45) is 1.79. The van der Waals surface area contributed by atoms with Crippen molar-refractivity contribution < 1.29 is 5.11 Å². The van der Waals surface area contributed by atoms with Gasteiger partial charge in [-0.25, -0.2) is 4.68 Å². The molecule has 1 heterocycles. The summed E-state index contributed by atoms with van der Waals surface area (Å²) < 4.78 is 1.72. The molecule has 0 spiro atoms. The third-order valence-electron chi connectivity index (χ3n) is 2.51. The van der Waals surface area contributed by atoms with Crippen LogP contribution in [0.25, 0.3) is 0 Å². The fourth-order valence-electron chi connectivity index (χ4n) is 1.78. The van der Waals surface area contributed by atoms with E-state index in [-0.39, 0.29) is 6.04 Å². The van der Waals surface area contributed by atoms with Gasteiger partial charge in [-0.15, -0.1) is 0 Å². The van der Waals surface area contributed by atoms with Gasteiger partial charge in [0.2, 0.25) is 5.88 Å². The van der Waals surface area contributed by atoms with Gasteiger partial charge in [-0.3, -0.25) is 0 Å². The molecule has 0 amide bonds. The summed E-state index contributed by atoms with van der Waals surface area (Å²) in [4.78, 5) is 0. The molecule has 3 heteroatoms. The summed E-state index contributed by atoms with van der Waals surface area (Å²) in [6, 6.07) is 0.219. The molecule has 0 radical (unpaired) electrons. The van der Waals surface area contributed by atoms with Crippen molar-refractivity contribution in [1.29, 1.82) is 0 Å². The molecule has 86 valence electrons. The zero-order valence-corrected chi connectivity index (χ0v) is 10.4. The normalized spacial score (nSPS) is 11.7. The van der Waals surface area contributed by atoms with Gasteiger partial charge in [0.1, 0.15) is 0 Å². The second-order valence-electron chi connectivity index (χ2n) is 4.74. The quantitative estimate of drug-likeness (QED) is 0.829. The predicted molar refractivity (Wildman–Crippen MR) is 62.2 cm³/mol. The van der Waals surface area contributed by atoms with Crippen LogP contribution in [0.4, 0.5) is 0 Å². The molecule has 0 aliphatic heterocycles. The van der Waals surface area contributed by atoms with E-state index in [2.05, 4.69) is 25.9 Å². The van der Waals surface area contributed by atoms with E-state index in [4.69, 9.17) is 0 Å². The highest BCUT2D eigenvalue weighted by Gasteiger charge is 2.17. The first-order valence-corrected chi connectivity index (χ1v) is 5.76. The van der Waals surface area contributed by atoms with E-state index in [1.165, 1.54) is 0 Å². The zero-order valence-electron chi connectivity index (χ0n) is 10.4. The lowest BCUT2D eigenvalue weighted by Gasteiger charge is -2.06. The number of hydrogen-bond acceptors (Lipinski definition) is 2. The Balaban J connectivity index is 3.10. The van der Waals surface area contributed by atoms with Crippen LogP contribution in [-0.2, 0) is 12.8 Å². The molecule has 1 aromatic rings. The zero-order chi connectivity index (χ0) is 11.6. The summed E-state index contributed by atoms with van der Waals surface area (Å²) in [5.41, 5.74) is 2.07. The molecule has 0 aliphatic carbocycles. The minimum absolute atomic E-state index is 0.219. The molecule has 0 bridgehead atoms. The van der Waals surface area contributed by atoms with Crippen LogP contribution >= 0.6 is 0 Å². The highest BCUT2D eigenvalue weighted by molar-refractivity contribution is 5.31. The van der Waals surface area contributed by atoms with E-state index in [1.807, 2.05) is 13.8 Å². The number of aromatic nitrogens is 2.